The maximum absolute atomic E-state index is 9.81. The molecule has 0 amide bonds. The second-order valence-corrected chi connectivity index (χ2v) is 5.82. The molecule has 0 spiro atoms. The van der Waals surface area contributed by atoms with Gasteiger partial charge < -0.3 is 5.11 Å². The van der Waals surface area contributed by atoms with Crippen LogP contribution in [-0.2, 0) is 0 Å². The molecule has 0 aliphatic carbocycles. The van der Waals surface area contributed by atoms with Crippen LogP contribution >= 0.6 is 0 Å². The molecule has 2 N–H and O–H groups in total. The van der Waals surface area contributed by atoms with Crippen LogP contribution in [0.4, 0.5) is 0 Å². The molecule has 0 unspecified atom stereocenters. The fourth-order valence-corrected chi connectivity index (χ4v) is 2.90. The zero-order chi connectivity index (χ0) is 16.8. The quantitative estimate of drug-likeness (QED) is 0.643. The molecule has 24 heavy (non-hydrogen) atoms. The molecule has 0 fully saturated rings. The lowest BCUT2D eigenvalue weighted by molar-refractivity contribution is 0.232. The van der Waals surface area contributed by atoms with Crippen molar-refractivity contribution in [2.24, 2.45) is 0 Å². The minimum absolute atomic E-state index is 0.00413. The molecule has 2 aromatic carbocycles. The second kappa shape index (κ2) is 7.86. The molecular formula is C21H22N2O. The lowest BCUT2D eigenvalue weighted by Crippen LogP contribution is -2.29. The van der Waals surface area contributed by atoms with Gasteiger partial charge in [0, 0.05) is 5.39 Å². The van der Waals surface area contributed by atoms with E-state index in [9.17, 15) is 5.11 Å². The molecule has 0 saturated heterocycles. The summed E-state index contributed by atoms with van der Waals surface area (Å²) in [4.78, 5) is 4.78. The molecule has 1 heterocycles. The third-order valence-corrected chi connectivity index (χ3v) is 4.17. The van der Waals surface area contributed by atoms with Crippen molar-refractivity contribution < 1.29 is 5.11 Å². The third-order valence-electron chi connectivity index (χ3n) is 4.17. The number of aliphatic hydroxyl groups excluding tert-OH is 1. The summed E-state index contributed by atoms with van der Waals surface area (Å²) in [5.74, 6) is 0. The first-order chi connectivity index (χ1) is 11.8. The Bertz CT molecular complexity index is 801. The van der Waals surface area contributed by atoms with Gasteiger partial charge in [-0.3, -0.25) is 10.3 Å². The van der Waals surface area contributed by atoms with Crippen LogP contribution in [0, 0.1) is 0 Å². The minimum Gasteiger partial charge on any atom is -0.394 e. The number of aliphatic hydroxyl groups is 1. The summed E-state index contributed by atoms with van der Waals surface area (Å²) in [6, 6.07) is 22.1. The summed E-state index contributed by atoms with van der Waals surface area (Å²) in [5, 5.41) is 14.5. The van der Waals surface area contributed by atoms with Gasteiger partial charge in [0.2, 0.25) is 0 Å². The van der Waals surface area contributed by atoms with Crippen molar-refractivity contribution in [1.82, 2.24) is 10.3 Å². The predicted molar refractivity (Wildman–Crippen MR) is 98.7 cm³/mol. The first-order valence-corrected chi connectivity index (χ1v) is 8.20. The predicted octanol–water partition coefficient (Wildman–Crippen LogP) is 4.18. The molecule has 3 nitrogen and oxygen atoms in total. The van der Waals surface area contributed by atoms with Crippen LogP contribution in [0.2, 0.25) is 0 Å². The van der Waals surface area contributed by atoms with Crippen LogP contribution < -0.4 is 5.32 Å². The van der Waals surface area contributed by atoms with Crippen LogP contribution in [0.5, 0.6) is 0 Å². The fraction of sp³-hybridized carbons (Fsp3) is 0.190. The zero-order valence-electron chi connectivity index (χ0n) is 13.6. The van der Waals surface area contributed by atoms with E-state index in [1.807, 2.05) is 60.7 Å². The van der Waals surface area contributed by atoms with E-state index in [0.717, 1.165) is 28.6 Å². The van der Waals surface area contributed by atoms with Gasteiger partial charge in [0.05, 0.1) is 29.9 Å². The molecule has 122 valence electrons. The van der Waals surface area contributed by atoms with E-state index < -0.39 is 0 Å². The topological polar surface area (TPSA) is 45.1 Å². The van der Waals surface area contributed by atoms with Gasteiger partial charge in [-0.2, -0.15) is 0 Å². The Labute approximate surface area is 142 Å². The first-order valence-electron chi connectivity index (χ1n) is 8.20. The number of nitrogens with zero attached hydrogens (tertiary/aromatic N) is 1. The highest BCUT2D eigenvalue weighted by Crippen LogP contribution is 2.23. The monoisotopic (exact) mass is 318 g/mol. The van der Waals surface area contributed by atoms with E-state index in [-0.39, 0.29) is 18.7 Å². The number of nitrogens with one attached hydrogen (secondary N) is 1. The number of benzene rings is 2. The van der Waals surface area contributed by atoms with E-state index in [1.54, 1.807) is 0 Å². The summed E-state index contributed by atoms with van der Waals surface area (Å²) in [7, 11) is 0. The van der Waals surface area contributed by atoms with Crippen LogP contribution in [0.1, 0.15) is 29.8 Å². The largest absolute Gasteiger partial charge is 0.394 e. The van der Waals surface area contributed by atoms with Crippen LogP contribution in [0.3, 0.4) is 0 Å². The molecule has 3 rings (SSSR count). The average molecular weight is 318 g/mol. The van der Waals surface area contributed by atoms with Crippen LogP contribution in [0.15, 0.2) is 79.4 Å². The van der Waals surface area contributed by atoms with Gasteiger partial charge in [0.25, 0.3) is 0 Å². The van der Waals surface area contributed by atoms with Gasteiger partial charge in [-0.1, -0.05) is 60.7 Å². The summed E-state index contributed by atoms with van der Waals surface area (Å²) in [5.41, 5.74) is 3.00. The molecule has 0 aliphatic rings. The summed E-state index contributed by atoms with van der Waals surface area (Å²) in [6.07, 6.45) is 2.63. The molecule has 0 bridgehead atoms. The maximum Gasteiger partial charge on any atom is 0.0706 e. The maximum atomic E-state index is 9.81. The Hall–Kier alpha value is -2.49. The van der Waals surface area contributed by atoms with Crippen molar-refractivity contribution in [3.63, 3.8) is 0 Å². The van der Waals surface area contributed by atoms with Crippen LogP contribution in [0.25, 0.3) is 10.9 Å². The van der Waals surface area contributed by atoms with Gasteiger partial charge >= 0.3 is 0 Å². The normalized spacial score (nSPS) is 13.5. The van der Waals surface area contributed by atoms with Crippen molar-refractivity contribution >= 4 is 10.9 Å². The molecule has 0 radical (unpaired) electrons. The number of rotatable bonds is 7. The highest BCUT2D eigenvalue weighted by atomic mass is 16.3. The van der Waals surface area contributed by atoms with E-state index in [4.69, 9.17) is 4.98 Å². The van der Waals surface area contributed by atoms with Crippen molar-refractivity contribution in [2.75, 3.05) is 6.61 Å². The van der Waals surface area contributed by atoms with Crippen molar-refractivity contribution in [3.8, 4) is 0 Å². The third kappa shape index (κ3) is 3.70. The lowest BCUT2D eigenvalue weighted by atomic mass is 10.0. The Morgan fingerprint density at radius 2 is 1.71 bits per heavy atom. The van der Waals surface area contributed by atoms with E-state index in [0.29, 0.717) is 0 Å². The number of aromatic nitrogens is 1. The van der Waals surface area contributed by atoms with E-state index in [2.05, 4.69) is 24.0 Å². The standard InChI is InChI=1S/C21H22N2O/c1-2-8-19(23-21(15-24)16-9-4-3-5-10-16)20-14-13-17-11-6-7-12-18(17)22-20/h2-7,9-14,19,21,23-24H,1,8,15H2/t19-,21+/m0/s1. The molecule has 0 saturated carbocycles. The SMILES string of the molecule is C=CC[C@H](N[C@H](CO)c1ccccc1)c1ccc2ccccc2n1. The van der Waals surface area contributed by atoms with Gasteiger partial charge in [-0.15, -0.1) is 6.58 Å². The number of hydrogen-bond acceptors (Lipinski definition) is 3. The zero-order valence-corrected chi connectivity index (χ0v) is 13.6. The molecule has 3 aromatic rings. The van der Waals surface area contributed by atoms with Gasteiger partial charge in [0.1, 0.15) is 0 Å². The van der Waals surface area contributed by atoms with Crippen molar-refractivity contribution in [1.29, 1.82) is 0 Å². The van der Waals surface area contributed by atoms with Crippen molar-refractivity contribution in [3.05, 3.63) is 90.6 Å². The van der Waals surface area contributed by atoms with Crippen molar-refractivity contribution in [2.45, 2.75) is 18.5 Å². The van der Waals surface area contributed by atoms with E-state index in [1.165, 1.54) is 0 Å². The van der Waals surface area contributed by atoms with Gasteiger partial charge in [-0.25, -0.2) is 0 Å². The molecular weight excluding hydrogens is 296 g/mol. The second-order valence-electron chi connectivity index (χ2n) is 5.82. The lowest BCUT2D eigenvalue weighted by Gasteiger charge is -2.24. The van der Waals surface area contributed by atoms with E-state index >= 15 is 0 Å². The molecule has 1 aromatic heterocycles. The molecule has 2 atom stereocenters. The molecule has 0 aliphatic heterocycles. The highest BCUT2D eigenvalue weighted by Gasteiger charge is 2.18. The number of hydrogen-bond donors (Lipinski definition) is 2. The van der Waals surface area contributed by atoms with Crippen LogP contribution in [-0.4, -0.2) is 16.7 Å². The molecule has 3 heteroatoms. The number of fused-ring (bicyclic) bond motifs is 1. The Balaban J connectivity index is 1.88. The number of para-hydroxylation sites is 1. The Morgan fingerprint density at radius 1 is 0.958 bits per heavy atom. The Morgan fingerprint density at radius 3 is 2.46 bits per heavy atom. The highest BCUT2D eigenvalue weighted by molar-refractivity contribution is 5.78. The summed E-state index contributed by atoms with van der Waals surface area (Å²) in [6.45, 7) is 3.90. The Kier molecular flexibility index (Phi) is 5.36. The minimum atomic E-state index is -0.135. The summed E-state index contributed by atoms with van der Waals surface area (Å²) >= 11 is 0. The van der Waals surface area contributed by atoms with Gasteiger partial charge in [0.15, 0.2) is 0 Å². The first kappa shape index (κ1) is 16.4. The number of pyridine rings is 1. The fourth-order valence-electron chi connectivity index (χ4n) is 2.90. The summed E-state index contributed by atoms with van der Waals surface area (Å²) < 4.78 is 0. The van der Waals surface area contributed by atoms with Gasteiger partial charge in [-0.05, 0) is 24.1 Å². The average Bonchev–Trinajstić information content (AvgIpc) is 2.65. The smallest absolute Gasteiger partial charge is 0.0706 e.